The maximum Gasteiger partial charge on any atom is 0.331 e. The Labute approximate surface area is 153 Å². The van der Waals surface area contributed by atoms with Crippen molar-refractivity contribution in [2.24, 2.45) is 7.05 Å². The number of pyridine rings is 1. The molecule has 5 aromatic rings. The van der Waals surface area contributed by atoms with Crippen LogP contribution in [0.25, 0.3) is 39.0 Å². The van der Waals surface area contributed by atoms with Crippen molar-refractivity contribution < 1.29 is 0 Å². The fraction of sp³-hybridized carbons (Fsp3) is 0.105. The molecule has 4 aromatic heterocycles. The molecular weight excluding hydrogens is 342 g/mol. The third-order valence-electron chi connectivity index (χ3n) is 4.72. The highest BCUT2D eigenvalue weighted by Crippen LogP contribution is 2.25. The molecule has 8 nitrogen and oxygen atoms in total. The van der Waals surface area contributed by atoms with Crippen LogP contribution in [0.2, 0.25) is 0 Å². The second-order valence-electron chi connectivity index (χ2n) is 6.39. The Bertz CT molecular complexity index is 1360. The molecule has 0 aliphatic heterocycles. The molecule has 0 fully saturated rings. The van der Waals surface area contributed by atoms with Crippen LogP contribution < -0.4 is 5.69 Å². The number of para-hydroxylation sites is 1. The largest absolute Gasteiger partial charge is 0.331 e. The molecule has 0 radical (unpaired) electrons. The maximum absolute atomic E-state index is 12.5. The van der Waals surface area contributed by atoms with Crippen LogP contribution in [-0.2, 0) is 7.05 Å². The lowest BCUT2D eigenvalue weighted by Gasteiger charge is -2.06. The summed E-state index contributed by atoms with van der Waals surface area (Å²) < 4.78 is 3.35. The van der Waals surface area contributed by atoms with E-state index in [1.165, 1.54) is 0 Å². The summed E-state index contributed by atoms with van der Waals surface area (Å²) in [5, 5.41) is 5.20. The van der Waals surface area contributed by atoms with Crippen molar-refractivity contribution in [1.29, 1.82) is 0 Å². The van der Waals surface area contributed by atoms with E-state index in [4.69, 9.17) is 0 Å². The molecule has 0 saturated heterocycles. The van der Waals surface area contributed by atoms with Gasteiger partial charge in [0.1, 0.15) is 0 Å². The molecule has 1 N–H and O–H groups in total. The molecule has 0 aliphatic rings. The highest BCUT2D eigenvalue weighted by Gasteiger charge is 2.14. The summed E-state index contributed by atoms with van der Waals surface area (Å²) in [6.07, 6.45) is 8.56. The summed E-state index contributed by atoms with van der Waals surface area (Å²) in [5.74, 6) is 0.537. The zero-order valence-electron chi connectivity index (χ0n) is 14.7. The van der Waals surface area contributed by atoms with E-state index < -0.39 is 0 Å². The molecule has 0 aliphatic carbocycles. The predicted octanol–water partition coefficient (Wildman–Crippen LogP) is 2.37. The van der Waals surface area contributed by atoms with E-state index in [2.05, 4.69) is 25.0 Å². The summed E-state index contributed by atoms with van der Waals surface area (Å²) in [6, 6.07) is 5.76. The van der Waals surface area contributed by atoms with Crippen LogP contribution in [0.3, 0.4) is 0 Å². The summed E-state index contributed by atoms with van der Waals surface area (Å²) >= 11 is 0. The Morgan fingerprint density at radius 2 is 1.85 bits per heavy atom. The number of H-pyrrole nitrogens is 1. The van der Waals surface area contributed by atoms with Crippen molar-refractivity contribution in [2.75, 3.05) is 0 Å². The summed E-state index contributed by atoms with van der Waals surface area (Å²) in [7, 11) is 1.86. The number of nitrogens with zero attached hydrogens (tertiary/aromatic N) is 6. The minimum atomic E-state index is -0.216. The van der Waals surface area contributed by atoms with Gasteiger partial charge >= 0.3 is 5.69 Å². The zero-order valence-corrected chi connectivity index (χ0v) is 14.7. The third kappa shape index (κ3) is 2.27. The van der Waals surface area contributed by atoms with Crippen molar-refractivity contribution in [3.63, 3.8) is 0 Å². The monoisotopic (exact) mass is 357 g/mol. The summed E-state index contributed by atoms with van der Waals surface area (Å²) in [5.41, 5.74) is 4.71. The van der Waals surface area contributed by atoms with E-state index >= 15 is 0 Å². The first-order valence-electron chi connectivity index (χ1n) is 8.42. The van der Waals surface area contributed by atoms with E-state index in [0.29, 0.717) is 11.5 Å². The van der Waals surface area contributed by atoms with Gasteiger partial charge in [0.25, 0.3) is 0 Å². The van der Waals surface area contributed by atoms with Crippen LogP contribution in [0.1, 0.15) is 5.56 Å². The molecule has 5 rings (SSSR count). The van der Waals surface area contributed by atoms with Crippen LogP contribution in [-0.4, -0.2) is 34.3 Å². The normalized spacial score (nSPS) is 11.5. The maximum atomic E-state index is 12.5. The second kappa shape index (κ2) is 5.60. The number of aromatic nitrogens is 7. The predicted molar refractivity (Wildman–Crippen MR) is 102 cm³/mol. The van der Waals surface area contributed by atoms with E-state index in [-0.39, 0.29) is 5.69 Å². The van der Waals surface area contributed by atoms with Crippen molar-refractivity contribution in [3.05, 3.63) is 65.2 Å². The van der Waals surface area contributed by atoms with Crippen molar-refractivity contribution in [1.82, 2.24) is 34.3 Å². The van der Waals surface area contributed by atoms with Gasteiger partial charge in [0.05, 0.1) is 47.0 Å². The zero-order chi connectivity index (χ0) is 18.5. The van der Waals surface area contributed by atoms with E-state index in [9.17, 15) is 4.79 Å². The van der Waals surface area contributed by atoms with Crippen molar-refractivity contribution in [2.45, 2.75) is 6.92 Å². The Hall–Kier alpha value is -3.81. The fourth-order valence-corrected chi connectivity index (χ4v) is 3.39. The van der Waals surface area contributed by atoms with Gasteiger partial charge in [0.2, 0.25) is 0 Å². The topological polar surface area (TPSA) is 94.3 Å². The Kier molecular flexibility index (Phi) is 3.20. The van der Waals surface area contributed by atoms with E-state index in [0.717, 1.165) is 33.1 Å². The Morgan fingerprint density at radius 1 is 1.04 bits per heavy atom. The molecule has 0 saturated carbocycles. The molecule has 132 valence electrons. The highest BCUT2D eigenvalue weighted by atomic mass is 16.1. The minimum absolute atomic E-state index is 0.216. The first-order chi connectivity index (χ1) is 13.1. The van der Waals surface area contributed by atoms with Gasteiger partial charge in [-0.25, -0.2) is 14.8 Å². The van der Waals surface area contributed by atoms with Crippen molar-refractivity contribution >= 4 is 21.9 Å². The first-order valence-corrected chi connectivity index (χ1v) is 8.42. The number of fused-ring (bicyclic) bond motifs is 2. The average Bonchev–Trinajstić information content (AvgIpc) is 3.22. The molecule has 0 unspecified atom stereocenters. The molecule has 1 aromatic carbocycles. The number of rotatable bonds is 2. The molecule has 0 spiro atoms. The first kappa shape index (κ1) is 15.4. The lowest BCUT2D eigenvalue weighted by molar-refractivity contribution is 0.795. The summed E-state index contributed by atoms with van der Waals surface area (Å²) in [6.45, 7) is 1.97. The standard InChI is InChI=1S/C19H15N7O/c1-11-4-3-5-15-17(11)26(19(27)24-15)12-6-21-18(22-7-12)14-8-20-10-16-13(14)9-23-25(16)2/h3-10H,1-2H3,(H,24,27). The number of aromatic amines is 1. The second-order valence-corrected chi connectivity index (χ2v) is 6.39. The number of hydrogen-bond donors (Lipinski definition) is 1. The van der Waals surface area contributed by atoms with Gasteiger partial charge in [-0.05, 0) is 18.6 Å². The van der Waals surface area contributed by atoms with Gasteiger partial charge < -0.3 is 4.98 Å². The van der Waals surface area contributed by atoms with Crippen LogP contribution in [0.5, 0.6) is 0 Å². The molecule has 0 atom stereocenters. The lowest BCUT2D eigenvalue weighted by Crippen LogP contribution is -2.15. The highest BCUT2D eigenvalue weighted by molar-refractivity contribution is 5.91. The van der Waals surface area contributed by atoms with Gasteiger partial charge in [0.15, 0.2) is 5.82 Å². The number of benzene rings is 1. The number of nitrogens with one attached hydrogen (secondary N) is 1. The molecule has 8 heteroatoms. The Morgan fingerprint density at radius 3 is 2.67 bits per heavy atom. The van der Waals surface area contributed by atoms with Crippen molar-refractivity contribution in [3.8, 4) is 17.1 Å². The van der Waals surface area contributed by atoms with Gasteiger partial charge in [-0.15, -0.1) is 0 Å². The molecular formula is C19H15N7O. The van der Waals surface area contributed by atoms with Crippen LogP contribution in [0.4, 0.5) is 0 Å². The third-order valence-corrected chi connectivity index (χ3v) is 4.72. The van der Waals surface area contributed by atoms with Crippen LogP contribution in [0.15, 0.2) is 54.0 Å². The average molecular weight is 357 g/mol. The fourth-order valence-electron chi connectivity index (χ4n) is 3.39. The number of aryl methyl sites for hydroxylation is 2. The van der Waals surface area contributed by atoms with Crippen LogP contribution in [0, 0.1) is 6.92 Å². The van der Waals surface area contributed by atoms with Crippen LogP contribution >= 0.6 is 0 Å². The number of imidazole rings is 1. The number of hydrogen-bond acceptors (Lipinski definition) is 5. The minimum Gasteiger partial charge on any atom is -0.305 e. The Balaban J connectivity index is 1.66. The van der Waals surface area contributed by atoms with Gasteiger partial charge in [-0.2, -0.15) is 5.10 Å². The van der Waals surface area contributed by atoms with Gasteiger partial charge in [-0.3, -0.25) is 14.2 Å². The van der Waals surface area contributed by atoms with Gasteiger partial charge in [0, 0.05) is 24.2 Å². The van der Waals surface area contributed by atoms with E-state index in [1.54, 1.807) is 40.2 Å². The lowest BCUT2D eigenvalue weighted by atomic mass is 10.2. The quantitative estimate of drug-likeness (QED) is 0.523. The summed E-state index contributed by atoms with van der Waals surface area (Å²) in [4.78, 5) is 28.5. The van der Waals surface area contributed by atoms with E-state index in [1.807, 2.05) is 32.2 Å². The smallest absolute Gasteiger partial charge is 0.305 e. The van der Waals surface area contributed by atoms with Gasteiger partial charge in [-0.1, -0.05) is 12.1 Å². The molecule has 4 heterocycles. The SMILES string of the molecule is Cc1cccc2[nH]c(=O)n(-c3cnc(-c4cncc5c4cnn5C)nc3)c12. The molecule has 0 bridgehead atoms. The molecule has 27 heavy (non-hydrogen) atoms. The molecule has 0 amide bonds.